The van der Waals surface area contributed by atoms with Crippen LogP contribution in [0.3, 0.4) is 0 Å². The van der Waals surface area contributed by atoms with Crippen LogP contribution in [0.1, 0.15) is 53.3 Å². The molecule has 0 unspecified atom stereocenters. The summed E-state index contributed by atoms with van der Waals surface area (Å²) in [6.45, 7) is 1.55. The van der Waals surface area contributed by atoms with Gasteiger partial charge in [0, 0.05) is 16.1 Å². The normalized spacial score (nSPS) is 21.5. The number of carbonyl (C=O) groups excluding carboxylic acids is 4. The molecule has 3 atom stereocenters. The van der Waals surface area contributed by atoms with E-state index >= 15 is 0 Å². The number of fused-ring (bicyclic) bond motifs is 1. The minimum atomic E-state index is -1.04. The molecule has 2 aliphatic rings. The van der Waals surface area contributed by atoms with Gasteiger partial charge in [0.15, 0.2) is 5.78 Å². The average Bonchev–Trinajstić information content (AvgIpc) is 3.05. The number of carbonyl (C=O) groups is 4. The van der Waals surface area contributed by atoms with Gasteiger partial charge in [0.25, 0.3) is 17.7 Å². The van der Waals surface area contributed by atoms with Crippen molar-refractivity contribution in [2.24, 2.45) is 11.8 Å². The summed E-state index contributed by atoms with van der Waals surface area (Å²) in [5.41, 5.74) is 0.646. The fourth-order valence-corrected chi connectivity index (χ4v) is 4.60. The van der Waals surface area contributed by atoms with Crippen molar-refractivity contribution in [1.29, 1.82) is 0 Å². The number of benzene rings is 2. The van der Waals surface area contributed by atoms with Crippen LogP contribution >= 0.6 is 11.6 Å². The Balaban J connectivity index is 1.74. The van der Waals surface area contributed by atoms with Gasteiger partial charge in [0.1, 0.15) is 6.04 Å². The number of halogens is 1. The van der Waals surface area contributed by atoms with Crippen LogP contribution < -0.4 is 0 Å². The standard InChI is InChI=1S/C24H23ClN2O4/c1-15(21(28)16-7-3-2-4-8-16)26(22(29)17-11-13-18(25)14-12-17)27-23(30)19-9-5-6-10-20(19)24(27)31/h2-4,7-8,11-15,19-20H,5-6,9-10H2,1H3/t15-,19-,20+/m0/s1. The van der Waals surface area contributed by atoms with E-state index < -0.39 is 35.6 Å². The van der Waals surface area contributed by atoms with Crippen molar-refractivity contribution < 1.29 is 19.2 Å². The highest BCUT2D eigenvalue weighted by molar-refractivity contribution is 6.30. The molecule has 1 saturated carbocycles. The van der Waals surface area contributed by atoms with Crippen LogP contribution in [0, 0.1) is 11.8 Å². The molecular weight excluding hydrogens is 416 g/mol. The fourth-order valence-electron chi connectivity index (χ4n) is 4.48. The van der Waals surface area contributed by atoms with Crippen molar-refractivity contribution in [2.75, 3.05) is 0 Å². The Morgan fingerprint density at radius 2 is 1.45 bits per heavy atom. The second-order valence-electron chi connectivity index (χ2n) is 8.05. The van der Waals surface area contributed by atoms with Gasteiger partial charge >= 0.3 is 0 Å². The monoisotopic (exact) mass is 438 g/mol. The summed E-state index contributed by atoms with van der Waals surface area (Å²) in [5, 5.41) is 2.43. The molecule has 6 nitrogen and oxygen atoms in total. The smallest absolute Gasteiger partial charge is 0.273 e. The summed E-state index contributed by atoms with van der Waals surface area (Å²) < 4.78 is 0. The van der Waals surface area contributed by atoms with Crippen molar-refractivity contribution in [3.8, 4) is 0 Å². The van der Waals surface area contributed by atoms with Crippen molar-refractivity contribution in [2.45, 2.75) is 38.6 Å². The summed E-state index contributed by atoms with van der Waals surface area (Å²) in [7, 11) is 0. The topological polar surface area (TPSA) is 74.8 Å². The molecule has 31 heavy (non-hydrogen) atoms. The third-order valence-corrected chi connectivity index (χ3v) is 6.39. The van der Waals surface area contributed by atoms with E-state index in [1.165, 1.54) is 12.1 Å². The predicted octanol–water partition coefficient (Wildman–Crippen LogP) is 4.14. The Morgan fingerprint density at radius 3 is 2.00 bits per heavy atom. The summed E-state index contributed by atoms with van der Waals surface area (Å²) in [5.74, 6) is -2.59. The van der Waals surface area contributed by atoms with Gasteiger partial charge in [0.05, 0.1) is 11.8 Å². The van der Waals surface area contributed by atoms with E-state index in [1.807, 2.05) is 0 Å². The highest BCUT2D eigenvalue weighted by Gasteiger charge is 2.53. The molecule has 2 aromatic carbocycles. The van der Waals surface area contributed by atoms with Gasteiger partial charge in [-0.05, 0) is 44.0 Å². The maximum atomic E-state index is 13.5. The first-order valence-corrected chi connectivity index (χ1v) is 10.8. The van der Waals surface area contributed by atoms with Gasteiger partial charge < -0.3 is 0 Å². The van der Waals surface area contributed by atoms with Gasteiger partial charge in [0.2, 0.25) is 0 Å². The molecular formula is C24H23ClN2O4. The molecule has 0 aromatic heterocycles. The van der Waals surface area contributed by atoms with E-state index in [4.69, 9.17) is 11.6 Å². The van der Waals surface area contributed by atoms with Crippen molar-refractivity contribution in [1.82, 2.24) is 10.0 Å². The van der Waals surface area contributed by atoms with Gasteiger partial charge in [-0.1, -0.05) is 54.8 Å². The Labute approximate surface area is 185 Å². The lowest BCUT2D eigenvalue weighted by Crippen LogP contribution is -2.56. The third-order valence-electron chi connectivity index (χ3n) is 6.14. The zero-order chi connectivity index (χ0) is 22.1. The zero-order valence-electron chi connectivity index (χ0n) is 17.2. The predicted molar refractivity (Wildman–Crippen MR) is 115 cm³/mol. The number of amides is 3. The molecule has 3 amide bonds. The number of rotatable bonds is 5. The number of hydrazine groups is 1. The number of imide groups is 1. The molecule has 7 heteroatoms. The molecule has 2 aromatic rings. The molecule has 2 fully saturated rings. The molecule has 4 rings (SSSR count). The molecule has 160 valence electrons. The summed E-state index contributed by atoms with van der Waals surface area (Å²) in [6, 6.07) is 13.7. The van der Waals surface area contributed by atoms with E-state index in [1.54, 1.807) is 49.4 Å². The van der Waals surface area contributed by atoms with Crippen LogP contribution in [-0.4, -0.2) is 39.6 Å². The van der Waals surface area contributed by atoms with Crippen LogP contribution in [-0.2, 0) is 9.59 Å². The molecule has 1 aliphatic carbocycles. The number of Topliss-reactive ketones (excluding diaryl/α,β-unsaturated/α-hetero) is 1. The number of nitrogens with zero attached hydrogens (tertiary/aromatic N) is 2. The van der Waals surface area contributed by atoms with Crippen LogP contribution in [0.25, 0.3) is 0 Å². The second kappa shape index (κ2) is 8.63. The first kappa shape index (κ1) is 21.2. The summed E-state index contributed by atoms with van der Waals surface area (Å²) in [6.07, 6.45) is 2.99. The Kier molecular flexibility index (Phi) is 5.92. The van der Waals surface area contributed by atoms with E-state index in [2.05, 4.69) is 0 Å². The molecule has 0 spiro atoms. The Hall–Kier alpha value is -2.99. The fraction of sp³-hybridized carbons (Fsp3) is 0.333. The molecule has 0 N–H and O–H groups in total. The minimum absolute atomic E-state index is 0.243. The number of hydrogen-bond acceptors (Lipinski definition) is 4. The van der Waals surface area contributed by atoms with E-state index in [0.29, 0.717) is 23.4 Å². The van der Waals surface area contributed by atoms with Gasteiger partial charge in [-0.3, -0.25) is 19.2 Å². The lowest BCUT2D eigenvalue weighted by Gasteiger charge is -2.34. The lowest BCUT2D eigenvalue weighted by molar-refractivity contribution is -0.156. The quantitative estimate of drug-likeness (QED) is 0.519. The maximum Gasteiger partial charge on any atom is 0.273 e. The molecule has 1 heterocycles. The largest absolute Gasteiger partial charge is 0.292 e. The Bertz CT molecular complexity index is 998. The highest BCUT2D eigenvalue weighted by atomic mass is 35.5. The van der Waals surface area contributed by atoms with Crippen LogP contribution in [0.4, 0.5) is 0 Å². The van der Waals surface area contributed by atoms with Crippen LogP contribution in [0.15, 0.2) is 54.6 Å². The van der Waals surface area contributed by atoms with E-state index in [-0.39, 0.29) is 11.3 Å². The van der Waals surface area contributed by atoms with Crippen molar-refractivity contribution in [3.05, 3.63) is 70.7 Å². The van der Waals surface area contributed by atoms with E-state index in [0.717, 1.165) is 22.9 Å². The minimum Gasteiger partial charge on any atom is -0.292 e. The van der Waals surface area contributed by atoms with Crippen LogP contribution in [0.5, 0.6) is 0 Å². The van der Waals surface area contributed by atoms with Crippen molar-refractivity contribution in [3.63, 3.8) is 0 Å². The van der Waals surface area contributed by atoms with Crippen LogP contribution in [0.2, 0.25) is 5.02 Å². The molecule has 1 saturated heterocycles. The Morgan fingerprint density at radius 1 is 0.903 bits per heavy atom. The number of hydrogen-bond donors (Lipinski definition) is 0. The maximum absolute atomic E-state index is 13.5. The molecule has 0 radical (unpaired) electrons. The molecule has 0 bridgehead atoms. The second-order valence-corrected chi connectivity index (χ2v) is 8.49. The zero-order valence-corrected chi connectivity index (χ0v) is 17.9. The first-order chi connectivity index (χ1) is 14.9. The van der Waals surface area contributed by atoms with Gasteiger partial charge in [-0.2, -0.15) is 5.01 Å². The highest BCUT2D eigenvalue weighted by Crippen LogP contribution is 2.39. The summed E-state index contributed by atoms with van der Waals surface area (Å²) in [4.78, 5) is 53.1. The van der Waals surface area contributed by atoms with E-state index in [9.17, 15) is 19.2 Å². The van der Waals surface area contributed by atoms with Gasteiger partial charge in [-0.25, -0.2) is 5.01 Å². The third kappa shape index (κ3) is 3.88. The number of ketones is 1. The summed E-state index contributed by atoms with van der Waals surface area (Å²) >= 11 is 5.95. The lowest BCUT2D eigenvalue weighted by atomic mass is 9.81. The van der Waals surface area contributed by atoms with Crippen molar-refractivity contribution >= 4 is 35.1 Å². The van der Waals surface area contributed by atoms with Gasteiger partial charge in [-0.15, -0.1) is 0 Å². The molecule has 1 aliphatic heterocycles. The first-order valence-electron chi connectivity index (χ1n) is 10.5. The average molecular weight is 439 g/mol. The SMILES string of the molecule is C[C@@H](C(=O)c1ccccc1)N(C(=O)c1ccc(Cl)cc1)N1C(=O)[C@H]2CCCC[C@H]2C1=O.